The van der Waals surface area contributed by atoms with Gasteiger partial charge in [0.05, 0.1) is 0 Å². The van der Waals surface area contributed by atoms with Crippen LogP contribution in [0.5, 0.6) is 0 Å². The first kappa shape index (κ1) is 19.7. The van der Waals surface area contributed by atoms with Gasteiger partial charge < -0.3 is 10.6 Å². The number of nitrogens with one attached hydrogen (secondary N) is 2. The van der Waals surface area contributed by atoms with Gasteiger partial charge in [-0.05, 0) is 37.8 Å². The molecule has 1 rings (SSSR count). The number of carbonyl (C=O) groups is 1. The largest absolute Gasteiger partial charge is 0.355 e. The Morgan fingerprint density at radius 2 is 1.75 bits per heavy atom. The molecule has 5 nitrogen and oxygen atoms in total. The highest BCUT2D eigenvalue weighted by atomic mass is 35.5. The molecule has 0 saturated carbocycles. The number of rotatable bonds is 4. The maximum Gasteiger partial charge on any atom is 0.241 e. The van der Waals surface area contributed by atoms with E-state index in [1.54, 1.807) is 0 Å². The lowest BCUT2D eigenvalue weighted by Crippen LogP contribution is -2.57. The van der Waals surface area contributed by atoms with E-state index in [4.69, 9.17) is 0 Å². The molecule has 0 atom stereocenters. The number of piperidine rings is 1. The molecule has 1 aliphatic heterocycles. The first-order chi connectivity index (χ1) is 8.58. The highest BCUT2D eigenvalue weighted by Gasteiger charge is 2.48. The van der Waals surface area contributed by atoms with Gasteiger partial charge in [0.2, 0.25) is 5.91 Å². The molecule has 0 radical (unpaired) electrons. The van der Waals surface area contributed by atoms with E-state index >= 15 is 0 Å². The smallest absolute Gasteiger partial charge is 0.241 e. The molecule has 1 amide bonds. The van der Waals surface area contributed by atoms with Gasteiger partial charge in [-0.25, -0.2) is 8.42 Å². The van der Waals surface area contributed by atoms with E-state index in [1.165, 1.54) is 6.26 Å². The summed E-state index contributed by atoms with van der Waals surface area (Å²) in [4.78, 5) is 12.3. The van der Waals surface area contributed by atoms with Crippen molar-refractivity contribution in [1.82, 2.24) is 10.6 Å². The van der Waals surface area contributed by atoms with Crippen LogP contribution in [-0.4, -0.2) is 45.0 Å². The Morgan fingerprint density at radius 3 is 2.15 bits per heavy atom. The fourth-order valence-electron chi connectivity index (χ4n) is 2.31. The van der Waals surface area contributed by atoms with Gasteiger partial charge in [0.25, 0.3) is 0 Å². The minimum atomic E-state index is -3.40. The number of halogens is 1. The molecule has 0 aromatic rings. The zero-order chi connectivity index (χ0) is 14.7. The Bertz CT molecular complexity index is 423. The summed E-state index contributed by atoms with van der Waals surface area (Å²) in [5.41, 5.74) is 0.125. The van der Waals surface area contributed by atoms with Crippen LogP contribution in [0.1, 0.15) is 40.0 Å². The summed E-state index contributed by atoms with van der Waals surface area (Å²) in [5, 5.41) is 5.91. The fourth-order valence-corrected chi connectivity index (χ4v) is 3.66. The lowest BCUT2D eigenvalue weighted by atomic mass is 9.92. The van der Waals surface area contributed by atoms with E-state index in [-0.39, 0.29) is 23.7 Å². The maximum atomic E-state index is 12.3. The highest BCUT2D eigenvalue weighted by Crippen LogP contribution is 2.28. The molecule has 1 heterocycles. The molecule has 0 bridgehead atoms. The van der Waals surface area contributed by atoms with Crippen LogP contribution in [0.3, 0.4) is 0 Å². The summed E-state index contributed by atoms with van der Waals surface area (Å²) >= 11 is 0. The average molecular weight is 327 g/mol. The summed E-state index contributed by atoms with van der Waals surface area (Å²) in [7, 11) is -3.40. The third-order valence-electron chi connectivity index (χ3n) is 3.70. The van der Waals surface area contributed by atoms with Crippen LogP contribution >= 0.6 is 12.4 Å². The van der Waals surface area contributed by atoms with E-state index in [0.29, 0.717) is 32.5 Å². The molecule has 2 N–H and O–H groups in total. The third-order valence-corrected chi connectivity index (χ3v) is 5.71. The molecular weight excluding hydrogens is 300 g/mol. The Kier molecular flexibility index (Phi) is 6.97. The van der Waals surface area contributed by atoms with Crippen molar-refractivity contribution in [2.45, 2.75) is 44.8 Å². The lowest BCUT2D eigenvalue weighted by Gasteiger charge is -2.34. The second-order valence-electron chi connectivity index (χ2n) is 6.58. The van der Waals surface area contributed by atoms with Crippen molar-refractivity contribution in [2.24, 2.45) is 5.41 Å². The van der Waals surface area contributed by atoms with Crippen LogP contribution in [0.25, 0.3) is 0 Å². The van der Waals surface area contributed by atoms with Crippen molar-refractivity contribution in [3.63, 3.8) is 0 Å². The Balaban J connectivity index is 0.00000361. The Labute approximate surface area is 128 Å². The van der Waals surface area contributed by atoms with Gasteiger partial charge in [0, 0.05) is 12.8 Å². The molecule has 0 aromatic carbocycles. The minimum absolute atomic E-state index is 0. The Hall–Kier alpha value is -0.330. The quantitative estimate of drug-likeness (QED) is 0.812. The monoisotopic (exact) mass is 326 g/mol. The standard InChI is InChI=1S/C13H26N2O3S.ClH/c1-12(2,3)5-10-15-11(16)13(19(4,17)18)6-8-14-9-7-13;/h14H,5-10H2,1-4H3,(H,15,16);1H. The highest BCUT2D eigenvalue weighted by molar-refractivity contribution is 7.92. The van der Waals surface area contributed by atoms with Gasteiger partial charge in [-0.2, -0.15) is 0 Å². The topological polar surface area (TPSA) is 75.3 Å². The molecule has 0 spiro atoms. The van der Waals surface area contributed by atoms with Crippen molar-refractivity contribution in [1.29, 1.82) is 0 Å². The number of amides is 1. The molecule has 120 valence electrons. The molecular formula is C13H27ClN2O3S. The third kappa shape index (κ3) is 4.90. The van der Waals surface area contributed by atoms with Gasteiger partial charge in [-0.15, -0.1) is 12.4 Å². The van der Waals surface area contributed by atoms with Crippen molar-refractivity contribution >= 4 is 28.2 Å². The number of carbonyl (C=O) groups excluding carboxylic acids is 1. The van der Waals surface area contributed by atoms with Crippen molar-refractivity contribution in [3.8, 4) is 0 Å². The predicted octanol–water partition coefficient (Wildman–Crippen LogP) is 1.13. The summed E-state index contributed by atoms with van der Waals surface area (Å²) in [5.74, 6) is -0.333. The maximum absolute atomic E-state index is 12.3. The molecule has 1 fully saturated rings. The summed E-state index contributed by atoms with van der Waals surface area (Å²) in [6.07, 6.45) is 2.71. The molecule has 0 aliphatic carbocycles. The van der Waals surface area contributed by atoms with E-state index in [9.17, 15) is 13.2 Å². The number of hydrogen-bond acceptors (Lipinski definition) is 4. The fraction of sp³-hybridized carbons (Fsp3) is 0.923. The van der Waals surface area contributed by atoms with Gasteiger partial charge in [-0.1, -0.05) is 20.8 Å². The van der Waals surface area contributed by atoms with E-state index < -0.39 is 14.6 Å². The van der Waals surface area contributed by atoms with Crippen LogP contribution in [0, 0.1) is 5.41 Å². The first-order valence-corrected chi connectivity index (χ1v) is 8.66. The predicted molar refractivity (Wildman–Crippen MR) is 84.0 cm³/mol. The van der Waals surface area contributed by atoms with Crippen LogP contribution in [0.4, 0.5) is 0 Å². The minimum Gasteiger partial charge on any atom is -0.355 e. The number of sulfone groups is 1. The molecule has 1 aliphatic rings. The van der Waals surface area contributed by atoms with Gasteiger partial charge in [0.15, 0.2) is 14.6 Å². The van der Waals surface area contributed by atoms with E-state index in [1.807, 2.05) is 0 Å². The number of hydrogen-bond donors (Lipinski definition) is 2. The molecule has 7 heteroatoms. The molecule has 20 heavy (non-hydrogen) atoms. The van der Waals surface area contributed by atoms with Crippen molar-refractivity contribution in [3.05, 3.63) is 0 Å². The summed E-state index contributed by atoms with van der Waals surface area (Å²) in [6.45, 7) is 7.94. The average Bonchev–Trinajstić information content (AvgIpc) is 2.26. The second-order valence-corrected chi connectivity index (χ2v) is 8.91. The SMILES string of the molecule is CC(C)(C)CCNC(=O)C1(S(C)(=O)=O)CCNCC1.Cl. The van der Waals surface area contributed by atoms with E-state index in [0.717, 1.165) is 6.42 Å². The van der Waals surface area contributed by atoms with Crippen LogP contribution < -0.4 is 10.6 Å². The molecule has 0 aromatic heterocycles. The zero-order valence-electron chi connectivity index (χ0n) is 12.8. The Morgan fingerprint density at radius 1 is 1.25 bits per heavy atom. The van der Waals surface area contributed by atoms with Crippen molar-refractivity contribution in [2.75, 3.05) is 25.9 Å². The van der Waals surface area contributed by atoms with Gasteiger partial charge >= 0.3 is 0 Å². The first-order valence-electron chi connectivity index (χ1n) is 6.77. The molecule has 1 saturated heterocycles. The van der Waals surface area contributed by atoms with E-state index in [2.05, 4.69) is 31.4 Å². The van der Waals surface area contributed by atoms with Crippen molar-refractivity contribution < 1.29 is 13.2 Å². The summed E-state index contributed by atoms with van der Waals surface area (Å²) < 4.78 is 22.8. The zero-order valence-corrected chi connectivity index (χ0v) is 14.4. The van der Waals surface area contributed by atoms with Gasteiger partial charge in [-0.3, -0.25) is 4.79 Å². The normalized spacial score (nSPS) is 19.0. The summed E-state index contributed by atoms with van der Waals surface area (Å²) in [6, 6.07) is 0. The van der Waals surface area contributed by atoms with Crippen LogP contribution in [-0.2, 0) is 14.6 Å². The van der Waals surface area contributed by atoms with Crippen LogP contribution in [0.2, 0.25) is 0 Å². The van der Waals surface area contributed by atoms with Gasteiger partial charge in [0.1, 0.15) is 0 Å². The molecule has 0 unspecified atom stereocenters. The second kappa shape index (κ2) is 7.09. The lowest BCUT2D eigenvalue weighted by molar-refractivity contribution is -0.124. The van der Waals surface area contributed by atoms with Crippen LogP contribution in [0.15, 0.2) is 0 Å².